The molecule has 1 saturated heterocycles. The topological polar surface area (TPSA) is 78.4 Å². The summed E-state index contributed by atoms with van der Waals surface area (Å²) in [5.41, 5.74) is -0.295. The van der Waals surface area contributed by atoms with Crippen molar-refractivity contribution in [1.29, 1.82) is 0 Å². The van der Waals surface area contributed by atoms with E-state index in [1.54, 1.807) is 0 Å². The van der Waals surface area contributed by atoms with E-state index in [1.807, 2.05) is 0 Å². The Labute approximate surface area is 125 Å². The predicted octanol–water partition coefficient (Wildman–Crippen LogP) is 1.38. The first-order valence-electron chi connectivity index (χ1n) is 8.32. The van der Waals surface area contributed by atoms with Crippen LogP contribution in [0.15, 0.2) is 0 Å². The second kappa shape index (κ2) is 5.59. The fraction of sp³-hybridized carbons (Fsp3) is 0.875. The fourth-order valence-electron chi connectivity index (χ4n) is 4.81. The summed E-state index contributed by atoms with van der Waals surface area (Å²) < 4.78 is 0. The number of carbonyl (C=O) groups is 2. The van der Waals surface area contributed by atoms with E-state index >= 15 is 0 Å². The van der Waals surface area contributed by atoms with Gasteiger partial charge in [0.15, 0.2) is 0 Å². The summed E-state index contributed by atoms with van der Waals surface area (Å²) >= 11 is 0. The quantitative estimate of drug-likeness (QED) is 0.732. The Morgan fingerprint density at radius 3 is 2.52 bits per heavy atom. The number of piperidine rings is 1. The fourth-order valence-corrected chi connectivity index (χ4v) is 4.81. The van der Waals surface area contributed by atoms with E-state index in [0.717, 1.165) is 51.6 Å². The molecule has 1 aliphatic heterocycles. The number of hydrogen-bond acceptors (Lipinski definition) is 3. The second-order valence-corrected chi connectivity index (χ2v) is 7.08. The molecule has 4 unspecified atom stereocenters. The van der Waals surface area contributed by atoms with E-state index < -0.39 is 5.97 Å². The maximum atomic E-state index is 12.8. The number of rotatable bonds is 4. The molecule has 0 spiro atoms. The lowest BCUT2D eigenvalue weighted by Gasteiger charge is -2.38. The zero-order valence-corrected chi connectivity index (χ0v) is 12.7. The van der Waals surface area contributed by atoms with E-state index in [4.69, 9.17) is 0 Å². The maximum Gasteiger partial charge on any atom is 0.308 e. The molecule has 21 heavy (non-hydrogen) atoms. The van der Waals surface area contributed by atoms with Crippen LogP contribution >= 0.6 is 0 Å². The minimum Gasteiger partial charge on any atom is -0.481 e. The van der Waals surface area contributed by atoms with Crippen LogP contribution in [0.3, 0.4) is 0 Å². The average Bonchev–Trinajstić information content (AvgIpc) is 3.08. The molecule has 2 aliphatic carbocycles. The van der Waals surface area contributed by atoms with Crippen molar-refractivity contribution in [3.05, 3.63) is 0 Å². The Morgan fingerprint density at radius 2 is 1.90 bits per heavy atom. The van der Waals surface area contributed by atoms with Gasteiger partial charge >= 0.3 is 5.97 Å². The number of fused-ring (bicyclic) bond motifs is 2. The molecule has 0 radical (unpaired) electrons. The minimum atomic E-state index is -0.733. The summed E-state index contributed by atoms with van der Waals surface area (Å²) in [6, 6.07) is -0.146. The predicted molar refractivity (Wildman–Crippen MR) is 78.7 cm³/mol. The number of carboxylic acids is 1. The number of amides is 1. The Balaban J connectivity index is 1.72. The Morgan fingerprint density at radius 1 is 1.24 bits per heavy atom. The standard InChI is InChI=1S/C16H26N2O3/c1-2-16(5-7-17-8-6-16)15(21)18-13-11-4-3-10(9-11)12(13)14(19)20/h10-13,17H,2-9H2,1H3,(H,18,21)(H,19,20). The van der Waals surface area contributed by atoms with Gasteiger partial charge in [0.05, 0.1) is 11.3 Å². The van der Waals surface area contributed by atoms with E-state index in [-0.39, 0.29) is 29.2 Å². The molecule has 1 amide bonds. The molecule has 3 aliphatic rings. The van der Waals surface area contributed by atoms with Gasteiger partial charge in [0.1, 0.15) is 0 Å². The van der Waals surface area contributed by atoms with Crippen LogP contribution in [-0.4, -0.2) is 36.1 Å². The highest BCUT2D eigenvalue weighted by Crippen LogP contribution is 2.49. The van der Waals surface area contributed by atoms with Crippen LogP contribution in [0.5, 0.6) is 0 Å². The highest BCUT2D eigenvalue weighted by atomic mass is 16.4. The van der Waals surface area contributed by atoms with Gasteiger partial charge in [-0.1, -0.05) is 6.92 Å². The molecule has 0 aromatic rings. The van der Waals surface area contributed by atoms with Gasteiger partial charge in [-0.3, -0.25) is 9.59 Å². The first kappa shape index (κ1) is 14.8. The monoisotopic (exact) mass is 294 g/mol. The summed E-state index contributed by atoms with van der Waals surface area (Å²) in [6.07, 6.45) is 5.60. The van der Waals surface area contributed by atoms with Gasteiger partial charge in [-0.25, -0.2) is 0 Å². The lowest BCUT2D eigenvalue weighted by atomic mass is 9.75. The molecule has 2 bridgehead atoms. The number of carboxylic acid groups (broad SMARTS) is 1. The van der Waals surface area contributed by atoms with Crippen LogP contribution in [-0.2, 0) is 9.59 Å². The molecule has 3 N–H and O–H groups in total. The third-order valence-electron chi connectivity index (χ3n) is 6.22. The zero-order chi connectivity index (χ0) is 15.0. The van der Waals surface area contributed by atoms with Gasteiger partial charge in [-0.2, -0.15) is 0 Å². The minimum absolute atomic E-state index is 0.0929. The third-order valence-corrected chi connectivity index (χ3v) is 6.22. The number of hydrogen-bond donors (Lipinski definition) is 3. The first-order chi connectivity index (χ1) is 10.1. The molecule has 5 nitrogen and oxygen atoms in total. The summed E-state index contributed by atoms with van der Waals surface area (Å²) in [6.45, 7) is 3.82. The van der Waals surface area contributed by atoms with E-state index in [2.05, 4.69) is 17.6 Å². The van der Waals surface area contributed by atoms with E-state index in [9.17, 15) is 14.7 Å². The van der Waals surface area contributed by atoms with Gasteiger partial charge in [0.25, 0.3) is 0 Å². The molecule has 3 rings (SSSR count). The van der Waals surface area contributed by atoms with Crippen LogP contribution in [0, 0.1) is 23.2 Å². The van der Waals surface area contributed by atoms with Crippen LogP contribution in [0.2, 0.25) is 0 Å². The number of aliphatic carboxylic acids is 1. The van der Waals surface area contributed by atoms with Gasteiger partial charge in [-0.15, -0.1) is 0 Å². The molecule has 2 saturated carbocycles. The molecular weight excluding hydrogens is 268 g/mol. The van der Waals surface area contributed by atoms with E-state index in [0.29, 0.717) is 5.92 Å². The number of carbonyl (C=O) groups excluding carboxylic acids is 1. The van der Waals surface area contributed by atoms with Crippen LogP contribution in [0.25, 0.3) is 0 Å². The summed E-state index contributed by atoms with van der Waals surface area (Å²) in [5, 5.41) is 15.9. The first-order valence-corrected chi connectivity index (χ1v) is 8.32. The molecule has 0 aromatic carbocycles. The molecule has 3 fully saturated rings. The molecule has 5 heteroatoms. The van der Waals surface area contributed by atoms with Crippen molar-refractivity contribution in [2.45, 2.75) is 51.5 Å². The molecule has 118 valence electrons. The SMILES string of the molecule is CCC1(C(=O)NC2C3CCC(C3)C2C(=O)O)CCNCC1. The second-order valence-electron chi connectivity index (χ2n) is 7.08. The Bertz CT molecular complexity index is 431. The lowest BCUT2D eigenvalue weighted by molar-refractivity contribution is -0.145. The van der Waals surface area contributed by atoms with Crippen molar-refractivity contribution in [3.63, 3.8) is 0 Å². The van der Waals surface area contributed by atoms with Crippen LogP contribution in [0.4, 0.5) is 0 Å². The number of nitrogens with one attached hydrogen (secondary N) is 2. The van der Waals surface area contributed by atoms with Crippen molar-refractivity contribution in [2.75, 3.05) is 13.1 Å². The maximum absolute atomic E-state index is 12.8. The highest BCUT2D eigenvalue weighted by Gasteiger charge is 2.52. The van der Waals surface area contributed by atoms with Gasteiger partial charge < -0.3 is 15.7 Å². The van der Waals surface area contributed by atoms with Gasteiger partial charge in [0.2, 0.25) is 5.91 Å². The summed E-state index contributed by atoms with van der Waals surface area (Å²) in [5.74, 6) is -0.374. The van der Waals surface area contributed by atoms with Crippen LogP contribution in [0.1, 0.15) is 45.4 Å². The molecule has 0 aromatic heterocycles. The van der Waals surface area contributed by atoms with Crippen molar-refractivity contribution in [3.8, 4) is 0 Å². The van der Waals surface area contributed by atoms with Crippen molar-refractivity contribution in [1.82, 2.24) is 10.6 Å². The molecule has 4 atom stereocenters. The molecule has 1 heterocycles. The third kappa shape index (κ3) is 2.45. The van der Waals surface area contributed by atoms with E-state index in [1.165, 1.54) is 0 Å². The van der Waals surface area contributed by atoms with Crippen molar-refractivity contribution >= 4 is 11.9 Å². The van der Waals surface area contributed by atoms with Gasteiger partial charge in [0, 0.05) is 6.04 Å². The highest BCUT2D eigenvalue weighted by molar-refractivity contribution is 5.84. The zero-order valence-electron chi connectivity index (χ0n) is 12.7. The van der Waals surface area contributed by atoms with Crippen LogP contribution < -0.4 is 10.6 Å². The van der Waals surface area contributed by atoms with Crippen molar-refractivity contribution < 1.29 is 14.7 Å². The lowest BCUT2D eigenvalue weighted by Crippen LogP contribution is -2.54. The Kier molecular flexibility index (Phi) is 3.95. The van der Waals surface area contributed by atoms with Crippen molar-refractivity contribution in [2.24, 2.45) is 23.2 Å². The largest absolute Gasteiger partial charge is 0.481 e. The summed E-state index contributed by atoms with van der Waals surface area (Å²) in [7, 11) is 0. The average molecular weight is 294 g/mol. The summed E-state index contributed by atoms with van der Waals surface area (Å²) in [4.78, 5) is 24.4. The Hall–Kier alpha value is -1.10. The normalized spacial score (nSPS) is 37.4. The molecular formula is C16H26N2O3. The van der Waals surface area contributed by atoms with Gasteiger partial charge in [-0.05, 0) is 63.5 Å². The smallest absolute Gasteiger partial charge is 0.308 e.